The van der Waals surface area contributed by atoms with Crippen LogP contribution in [-0.2, 0) is 9.47 Å². The van der Waals surface area contributed by atoms with E-state index in [0.29, 0.717) is 13.2 Å². The van der Waals surface area contributed by atoms with Crippen LogP contribution in [0, 0.1) is 0 Å². The number of ether oxygens (including phenoxy) is 2. The fourth-order valence-electron chi connectivity index (χ4n) is 1.65. The highest BCUT2D eigenvalue weighted by molar-refractivity contribution is 9.10. The third-order valence-corrected chi connectivity index (χ3v) is 2.91. The summed E-state index contributed by atoms with van der Waals surface area (Å²) in [5.41, 5.74) is 0.975. The Morgan fingerprint density at radius 3 is 2.56 bits per heavy atom. The van der Waals surface area contributed by atoms with Crippen molar-refractivity contribution in [1.82, 2.24) is 4.73 Å². The number of rotatable bonds is 6. The van der Waals surface area contributed by atoms with Crippen molar-refractivity contribution in [3.05, 3.63) is 34.9 Å². The van der Waals surface area contributed by atoms with Crippen LogP contribution in [0.5, 0.6) is 0 Å². The summed E-state index contributed by atoms with van der Waals surface area (Å²) in [7, 11) is 0. The van der Waals surface area contributed by atoms with Crippen LogP contribution in [0.2, 0.25) is 0 Å². The van der Waals surface area contributed by atoms with Gasteiger partial charge in [0, 0.05) is 16.1 Å². The number of benzene rings is 1. The molecule has 0 spiro atoms. The van der Waals surface area contributed by atoms with E-state index in [1.807, 2.05) is 44.3 Å². The van der Waals surface area contributed by atoms with Crippen LogP contribution in [0.4, 0.5) is 0 Å². The molecule has 1 aromatic heterocycles. The van der Waals surface area contributed by atoms with Gasteiger partial charge in [0.15, 0.2) is 0 Å². The number of fused-ring (bicyclic) bond motifs is 1. The molecule has 0 atom stereocenters. The molecule has 0 amide bonds. The van der Waals surface area contributed by atoms with Crippen molar-refractivity contribution in [2.75, 3.05) is 13.2 Å². The molecule has 2 rings (SSSR count). The maximum atomic E-state index is 5.65. The minimum absolute atomic E-state index is 0.537. The van der Waals surface area contributed by atoms with Gasteiger partial charge in [-0.15, -0.1) is 0 Å². The highest BCUT2D eigenvalue weighted by Gasteiger charge is 2.11. The van der Waals surface area contributed by atoms with Gasteiger partial charge >= 0.3 is 6.48 Å². The molecule has 5 heteroatoms. The molecule has 0 unspecified atom stereocenters. The molecule has 1 aromatic carbocycles. The molecule has 0 saturated carbocycles. The van der Waals surface area contributed by atoms with Gasteiger partial charge in [-0.1, -0.05) is 15.9 Å². The fourth-order valence-corrected chi connectivity index (χ4v) is 2.03. The summed E-state index contributed by atoms with van der Waals surface area (Å²) in [6.07, 6.45) is 1.85. The standard InChI is InChI=1S/C13H16BrNO3/c1-3-16-13(17-4-2)18-15-8-7-10-9-11(14)5-6-12(10)15/h5-9,13H,3-4H2,1-2H3. The van der Waals surface area contributed by atoms with Crippen molar-refractivity contribution in [1.29, 1.82) is 0 Å². The largest absolute Gasteiger partial charge is 0.353 e. The first-order chi connectivity index (χ1) is 8.74. The lowest BCUT2D eigenvalue weighted by Gasteiger charge is -2.18. The topological polar surface area (TPSA) is 32.6 Å². The maximum absolute atomic E-state index is 5.65. The Balaban J connectivity index is 2.19. The summed E-state index contributed by atoms with van der Waals surface area (Å²) in [6, 6.07) is 7.97. The second-order valence-corrected chi connectivity index (χ2v) is 4.57. The molecule has 2 aromatic rings. The molecule has 4 nitrogen and oxygen atoms in total. The van der Waals surface area contributed by atoms with E-state index in [-0.39, 0.29) is 0 Å². The van der Waals surface area contributed by atoms with E-state index in [2.05, 4.69) is 15.9 Å². The molecule has 0 aliphatic carbocycles. The summed E-state index contributed by atoms with van der Waals surface area (Å²) in [6.45, 7) is 4.20. The van der Waals surface area contributed by atoms with Crippen molar-refractivity contribution in [3.8, 4) is 0 Å². The van der Waals surface area contributed by atoms with Gasteiger partial charge < -0.3 is 14.3 Å². The van der Waals surface area contributed by atoms with Crippen molar-refractivity contribution >= 4 is 26.8 Å². The first-order valence-corrected chi connectivity index (χ1v) is 6.71. The molecule has 0 aliphatic heterocycles. The zero-order valence-corrected chi connectivity index (χ0v) is 12.0. The second-order valence-electron chi connectivity index (χ2n) is 3.65. The van der Waals surface area contributed by atoms with E-state index in [0.717, 1.165) is 15.4 Å². The normalized spacial score (nSPS) is 11.3. The van der Waals surface area contributed by atoms with Gasteiger partial charge in [-0.2, -0.15) is 4.73 Å². The fraction of sp³-hybridized carbons (Fsp3) is 0.385. The van der Waals surface area contributed by atoms with Crippen LogP contribution in [0.1, 0.15) is 13.8 Å². The minimum atomic E-state index is -0.681. The van der Waals surface area contributed by atoms with Gasteiger partial charge in [0.2, 0.25) is 0 Å². The van der Waals surface area contributed by atoms with Gasteiger partial charge in [0.25, 0.3) is 0 Å². The van der Waals surface area contributed by atoms with Crippen LogP contribution < -0.4 is 4.84 Å². The molecule has 18 heavy (non-hydrogen) atoms. The van der Waals surface area contributed by atoms with Gasteiger partial charge in [0.05, 0.1) is 18.7 Å². The monoisotopic (exact) mass is 313 g/mol. The predicted octanol–water partition coefficient (Wildman–Crippen LogP) is 3.19. The predicted molar refractivity (Wildman–Crippen MR) is 73.3 cm³/mol. The van der Waals surface area contributed by atoms with Gasteiger partial charge in [0.1, 0.15) is 0 Å². The smallest absolute Gasteiger partial charge is 0.337 e. The maximum Gasteiger partial charge on any atom is 0.337 e. The number of halogens is 1. The third-order valence-electron chi connectivity index (χ3n) is 2.42. The van der Waals surface area contributed by atoms with Crippen molar-refractivity contribution in [3.63, 3.8) is 0 Å². The number of nitrogens with zero attached hydrogens (tertiary/aromatic N) is 1. The summed E-state index contributed by atoms with van der Waals surface area (Å²) < 4.78 is 13.4. The Kier molecular flexibility index (Phi) is 4.63. The summed E-state index contributed by atoms with van der Waals surface area (Å²) in [5.74, 6) is 0. The van der Waals surface area contributed by atoms with Crippen molar-refractivity contribution in [2.24, 2.45) is 0 Å². The molecule has 0 saturated heterocycles. The van der Waals surface area contributed by atoms with Crippen LogP contribution in [-0.4, -0.2) is 24.4 Å². The summed E-state index contributed by atoms with van der Waals surface area (Å²) in [4.78, 5) is 5.65. The molecule has 0 bridgehead atoms. The summed E-state index contributed by atoms with van der Waals surface area (Å²) >= 11 is 3.44. The lowest BCUT2D eigenvalue weighted by Crippen LogP contribution is -2.30. The van der Waals surface area contributed by atoms with Gasteiger partial charge in [-0.25, -0.2) is 0 Å². The molecule has 0 radical (unpaired) electrons. The van der Waals surface area contributed by atoms with Crippen LogP contribution in [0.3, 0.4) is 0 Å². The Labute approximate surface area is 115 Å². The first kappa shape index (κ1) is 13.4. The van der Waals surface area contributed by atoms with Gasteiger partial charge in [-0.05, 0) is 38.1 Å². The summed E-state index contributed by atoms with van der Waals surface area (Å²) in [5, 5.41) is 1.09. The van der Waals surface area contributed by atoms with E-state index in [1.54, 1.807) is 4.73 Å². The van der Waals surface area contributed by atoms with Crippen LogP contribution in [0.15, 0.2) is 34.9 Å². The van der Waals surface area contributed by atoms with E-state index in [9.17, 15) is 0 Å². The van der Waals surface area contributed by atoms with Crippen molar-refractivity contribution < 1.29 is 14.3 Å². The molecular formula is C13H16BrNO3. The Bertz CT molecular complexity index is 506. The second kappa shape index (κ2) is 6.22. The lowest BCUT2D eigenvalue weighted by atomic mass is 10.3. The average molecular weight is 314 g/mol. The molecule has 1 heterocycles. The van der Waals surface area contributed by atoms with E-state index >= 15 is 0 Å². The Hall–Kier alpha value is -1.04. The molecule has 98 valence electrons. The highest BCUT2D eigenvalue weighted by atomic mass is 79.9. The number of hydrogen-bond acceptors (Lipinski definition) is 3. The van der Waals surface area contributed by atoms with E-state index in [4.69, 9.17) is 14.3 Å². The average Bonchev–Trinajstić information content (AvgIpc) is 2.72. The number of aromatic nitrogens is 1. The molecular weight excluding hydrogens is 298 g/mol. The zero-order chi connectivity index (χ0) is 13.0. The van der Waals surface area contributed by atoms with Crippen LogP contribution >= 0.6 is 15.9 Å². The Morgan fingerprint density at radius 2 is 1.89 bits per heavy atom. The zero-order valence-electron chi connectivity index (χ0n) is 10.4. The third kappa shape index (κ3) is 3.04. The molecule has 0 fully saturated rings. The van der Waals surface area contributed by atoms with Crippen LogP contribution in [0.25, 0.3) is 10.9 Å². The highest BCUT2D eigenvalue weighted by Crippen LogP contribution is 2.20. The first-order valence-electron chi connectivity index (χ1n) is 5.91. The van der Waals surface area contributed by atoms with Crippen molar-refractivity contribution in [2.45, 2.75) is 20.3 Å². The quantitative estimate of drug-likeness (QED) is 0.768. The Morgan fingerprint density at radius 1 is 1.17 bits per heavy atom. The number of hydrogen-bond donors (Lipinski definition) is 0. The molecule has 0 N–H and O–H groups in total. The van der Waals surface area contributed by atoms with E-state index in [1.165, 1.54) is 0 Å². The molecule has 0 aliphatic rings. The SMILES string of the molecule is CCOC(OCC)On1ccc2cc(Br)ccc21. The van der Waals surface area contributed by atoms with E-state index < -0.39 is 6.48 Å². The minimum Gasteiger partial charge on any atom is -0.353 e. The van der Waals surface area contributed by atoms with Gasteiger partial charge in [-0.3, -0.25) is 0 Å². The lowest BCUT2D eigenvalue weighted by molar-refractivity contribution is -0.282.